The van der Waals surface area contributed by atoms with E-state index in [1.165, 1.54) is 21.1 Å². The topological polar surface area (TPSA) is 292 Å². The van der Waals surface area contributed by atoms with Gasteiger partial charge in [-0.3, -0.25) is 10.0 Å². The second-order valence-electron chi connectivity index (χ2n) is 26.0. The Morgan fingerprint density at radius 3 is 1.96 bits per heavy atom. The SMILES string of the molecule is COC(=O)N[C@H]1[C@@H](C)O[C@@H](O[C@H]2C/C=C(\C)[C@H]3C=C[C@@H]4[C@@H](O[C@H]5C[C@@H](O[C@H]6C[C@@H](O)[C@@H](O[C@@H]7C[C@@H](O)[C@@H](OC)[C@H](C)O7)[C@H](C)O6)[C@@H](O)[C@H](C)O5)[C@@H](C)C[C@H](C)[C@@H]4[C@@]3(C)C(O)=C3C(=O)O[C@@]4(C[C@@H](C)C(C)=C[C@H]4/C=C/2C)C3=O)C[C@]1(C)N([O-])O. The molecule has 0 radical (unpaired) electrons. The van der Waals surface area contributed by atoms with E-state index in [1.54, 1.807) is 27.7 Å². The summed E-state index contributed by atoms with van der Waals surface area (Å²) in [6.07, 6.45) is -2.33. The lowest BCUT2D eigenvalue weighted by molar-refractivity contribution is -0.335. The number of ketones is 1. The van der Waals surface area contributed by atoms with Gasteiger partial charge in [0.1, 0.15) is 29.6 Å². The zero-order valence-electron chi connectivity index (χ0n) is 50.5. The first-order valence-electron chi connectivity index (χ1n) is 29.8. The monoisotopic (exact) mass is 1170 g/mol. The van der Waals surface area contributed by atoms with Crippen LogP contribution >= 0.6 is 0 Å². The predicted molar refractivity (Wildman–Crippen MR) is 296 cm³/mol. The normalized spacial score (nSPS) is 49.0. The Hall–Kier alpha value is -3.69. The van der Waals surface area contributed by atoms with E-state index in [-0.39, 0.29) is 72.8 Å². The zero-order chi connectivity index (χ0) is 60.5. The van der Waals surface area contributed by atoms with Gasteiger partial charge < -0.3 is 88.3 Å². The van der Waals surface area contributed by atoms with Crippen molar-refractivity contribution < 1.29 is 92.1 Å². The van der Waals surface area contributed by atoms with Crippen molar-refractivity contribution in [1.29, 1.82) is 0 Å². The van der Waals surface area contributed by atoms with Gasteiger partial charge in [-0.15, -0.1) is 0 Å². The summed E-state index contributed by atoms with van der Waals surface area (Å²) < 4.78 is 68.2. The van der Waals surface area contributed by atoms with Crippen molar-refractivity contribution in [2.45, 2.75) is 244 Å². The number of alkyl carbamates (subject to hydrolysis) is 1. The molecule has 466 valence electrons. The quantitative estimate of drug-likeness (QED) is 0.0556. The molecule has 1 saturated carbocycles. The third-order valence-electron chi connectivity index (χ3n) is 20.3. The third kappa shape index (κ3) is 12.0. The van der Waals surface area contributed by atoms with Crippen molar-refractivity contribution in [2.75, 3.05) is 14.2 Å². The maximum absolute atomic E-state index is 15.5. The van der Waals surface area contributed by atoms with Crippen LogP contribution in [0.2, 0.25) is 0 Å². The highest BCUT2D eigenvalue weighted by Gasteiger charge is 2.64. The van der Waals surface area contributed by atoms with Gasteiger partial charge >= 0.3 is 12.1 Å². The molecule has 9 rings (SSSR count). The van der Waals surface area contributed by atoms with E-state index >= 15 is 4.79 Å². The molecule has 1 amide bonds. The number of carbonyl (C=O) groups excluding carboxylic acids is 3. The number of Topliss-reactive ketones (excluding diaryl/α,β-unsaturated/α-hetero) is 1. The lowest BCUT2D eigenvalue weighted by atomic mass is 9.49. The lowest BCUT2D eigenvalue weighted by Crippen LogP contribution is -2.67. The van der Waals surface area contributed by atoms with Crippen molar-refractivity contribution in [2.24, 2.45) is 46.8 Å². The number of hydrogen-bond acceptors (Lipinski definition) is 21. The van der Waals surface area contributed by atoms with Crippen LogP contribution in [-0.2, 0) is 61.7 Å². The van der Waals surface area contributed by atoms with E-state index in [4.69, 9.17) is 52.1 Å². The summed E-state index contributed by atoms with van der Waals surface area (Å²) in [6, 6.07) is -0.995. The summed E-state index contributed by atoms with van der Waals surface area (Å²) in [6.45, 7) is 22.4. The molecule has 0 aromatic heterocycles. The fourth-order valence-electron chi connectivity index (χ4n) is 15.7. The second kappa shape index (κ2) is 24.8. The molecule has 22 nitrogen and oxygen atoms in total. The Morgan fingerprint density at radius 1 is 0.723 bits per heavy atom. The average molecular weight is 1170 g/mol. The fourth-order valence-corrected chi connectivity index (χ4v) is 15.7. The molecule has 0 aromatic rings. The third-order valence-corrected chi connectivity index (χ3v) is 20.3. The minimum absolute atomic E-state index is 0.0258. The molecular formula is C61H91N2O20-. The van der Waals surface area contributed by atoms with E-state index in [0.717, 1.165) is 11.1 Å². The maximum Gasteiger partial charge on any atom is 0.407 e. The number of hydrogen-bond donors (Lipinski definition) is 6. The number of allylic oxidation sites excluding steroid dienone is 4. The molecule has 6 fully saturated rings. The van der Waals surface area contributed by atoms with E-state index in [1.807, 2.05) is 58.9 Å². The smallest absolute Gasteiger partial charge is 0.407 e. The minimum Gasteiger partial charge on any atom is -0.762 e. The Morgan fingerprint density at radius 2 is 1.33 bits per heavy atom. The molecule has 4 aliphatic carbocycles. The number of rotatable bonds is 11. The highest BCUT2D eigenvalue weighted by molar-refractivity contribution is 6.26. The highest BCUT2D eigenvalue weighted by atomic mass is 16.8. The van der Waals surface area contributed by atoms with Gasteiger partial charge in [-0.2, -0.15) is 0 Å². The summed E-state index contributed by atoms with van der Waals surface area (Å²) in [5, 5.41) is 72.8. The summed E-state index contributed by atoms with van der Waals surface area (Å²) in [4.78, 5) is 42.7. The fraction of sp³-hybridized carbons (Fsp3) is 0.787. The minimum atomic E-state index is -1.70. The number of amides is 1. The van der Waals surface area contributed by atoms with Crippen LogP contribution < -0.4 is 5.32 Å². The van der Waals surface area contributed by atoms with Crippen LogP contribution in [0.5, 0.6) is 0 Å². The molecule has 6 N–H and O–H groups in total. The lowest BCUT2D eigenvalue weighted by Gasteiger charge is -2.56. The van der Waals surface area contributed by atoms with Crippen LogP contribution in [0.25, 0.3) is 0 Å². The van der Waals surface area contributed by atoms with Gasteiger partial charge in [-0.1, -0.05) is 69.2 Å². The van der Waals surface area contributed by atoms with Gasteiger partial charge in [0.2, 0.25) is 5.78 Å². The largest absolute Gasteiger partial charge is 0.762 e. The number of aliphatic hydroxyl groups is 4. The number of ether oxygens (including phenoxy) is 11. The van der Waals surface area contributed by atoms with Crippen LogP contribution in [-0.4, -0.2) is 179 Å². The van der Waals surface area contributed by atoms with E-state index in [0.29, 0.717) is 12.0 Å². The van der Waals surface area contributed by atoms with Crippen molar-refractivity contribution in [1.82, 2.24) is 10.5 Å². The van der Waals surface area contributed by atoms with Gasteiger partial charge in [0.15, 0.2) is 30.8 Å². The molecule has 5 aliphatic heterocycles. The molecule has 27 atom stereocenters. The van der Waals surface area contributed by atoms with Crippen LogP contribution in [0.15, 0.2) is 58.4 Å². The van der Waals surface area contributed by atoms with Crippen LogP contribution in [0.3, 0.4) is 0 Å². The average Bonchev–Trinajstić information content (AvgIpc) is 1.91. The molecule has 1 spiro atoms. The van der Waals surface area contributed by atoms with E-state index in [2.05, 4.69) is 25.2 Å². The van der Waals surface area contributed by atoms with Crippen molar-refractivity contribution in [3.8, 4) is 0 Å². The van der Waals surface area contributed by atoms with Gasteiger partial charge in [-0.25, -0.2) is 9.59 Å². The van der Waals surface area contributed by atoms with Crippen molar-refractivity contribution in [3.63, 3.8) is 0 Å². The highest BCUT2D eigenvalue weighted by Crippen LogP contribution is 2.61. The van der Waals surface area contributed by atoms with E-state index in [9.17, 15) is 40.4 Å². The zero-order valence-corrected chi connectivity index (χ0v) is 50.5. The number of nitrogens with one attached hydrogen (secondary N) is 1. The molecule has 83 heavy (non-hydrogen) atoms. The standard InChI is InChI=1S/C61H91N2O20/c1-27-15-18-42(79-47-26-59(11,63(71)72)54(36(10)78-47)62-58(70)74-14)29(3)21-37-20-28(2)32(6)25-61(37)56(68)48(57(69)83-61)55(67)60(12)39(27)17-16-38-49(60)30(4)19-31(5)51(38)81-46-24-43(50(66)33(7)75-46)80-44-23-41(65)53(35(9)77-44)82-45-22-40(64)52(73-13)34(8)76-45/h15-17,20-21,30-47,49-54,64-67,71H,18-19,22-26H2,1-14H3,(H,62,70)/q-1/b27-15+,29-21+,55-48?/t30-,31-,32+,33-,34-,35-,36+,37-,38-,39+,40+,41+,42-,43+,44-,45+,46-,47-,49-,50-,51-,52-,53-,54-,59-,60-,61+/m0/s1. The summed E-state index contributed by atoms with van der Waals surface area (Å²) >= 11 is 0. The van der Waals surface area contributed by atoms with Gasteiger partial charge in [0.05, 0.1) is 73.6 Å². The number of esters is 1. The van der Waals surface area contributed by atoms with Crippen molar-refractivity contribution in [3.05, 3.63) is 63.6 Å². The second-order valence-corrected chi connectivity index (χ2v) is 26.0. The van der Waals surface area contributed by atoms with Crippen molar-refractivity contribution >= 4 is 17.8 Å². The first-order chi connectivity index (χ1) is 39.1. The molecule has 2 bridgehead atoms. The summed E-state index contributed by atoms with van der Waals surface area (Å²) in [5.41, 5.74) is -2.51. The number of hydroxylamine groups is 2. The number of carbonyl (C=O) groups is 3. The maximum atomic E-state index is 15.5. The van der Waals surface area contributed by atoms with Crippen LogP contribution in [0.1, 0.15) is 128 Å². The number of nitrogens with zero attached hydrogens (tertiary/aromatic N) is 1. The van der Waals surface area contributed by atoms with Gasteiger partial charge in [-0.05, 0) is 97.5 Å². The Kier molecular flexibility index (Phi) is 19.1. The van der Waals surface area contributed by atoms with Gasteiger partial charge in [0, 0.05) is 62.4 Å². The summed E-state index contributed by atoms with van der Waals surface area (Å²) in [7, 11) is 2.70. The molecule has 0 unspecified atom stereocenters. The molecule has 0 aromatic carbocycles. The molecular weight excluding hydrogens is 1080 g/mol. The number of fused-ring (bicyclic) bond motifs is 4. The van der Waals surface area contributed by atoms with E-state index < -0.39 is 163 Å². The Bertz CT molecular complexity index is 2530. The molecule has 22 heteroatoms. The molecule has 5 saturated heterocycles. The number of methoxy groups -OCH3 is 2. The first-order valence-corrected chi connectivity index (χ1v) is 29.8. The summed E-state index contributed by atoms with van der Waals surface area (Å²) in [5.74, 6) is -4.32. The Balaban J connectivity index is 1.00. The Labute approximate surface area is 487 Å². The molecule has 9 aliphatic rings. The first kappa shape index (κ1) is 63.8. The van der Waals surface area contributed by atoms with Crippen LogP contribution in [0.4, 0.5) is 4.79 Å². The molecule has 5 heterocycles. The number of aliphatic hydroxyl groups excluding tert-OH is 4. The van der Waals surface area contributed by atoms with Crippen LogP contribution in [0, 0.1) is 52.0 Å². The van der Waals surface area contributed by atoms with Gasteiger partial charge in [0.25, 0.3) is 0 Å². The predicted octanol–water partition coefficient (Wildman–Crippen LogP) is 6.51.